The summed E-state index contributed by atoms with van der Waals surface area (Å²) in [6, 6.07) is 0.385. The van der Waals surface area contributed by atoms with Crippen LogP contribution in [0.4, 0.5) is 0 Å². The monoisotopic (exact) mass is 284 g/mol. The van der Waals surface area contributed by atoms with E-state index in [-0.39, 0.29) is 23.4 Å². The molecule has 0 amide bonds. The number of rotatable bonds is 5. The van der Waals surface area contributed by atoms with E-state index in [1.54, 1.807) is 13.8 Å². The summed E-state index contributed by atoms with van der Waals surface area (Å²) in [4.78, 5) is 2.24. The summed E-state index contributed by atoms with van der Waals surface area (Å²) in [6.45, 7) is 5.76. The Labute approximate surface area is 111 Å². The van der Waals surface area contributed by atoms with E-state index in [4.69, 9.17) is 5.73 Å². The zero-order valence-electron chi connectivity index (χ0n) is 10.8. The van der Waals surface area contributed by atoms with Crippen LogP contribution in [0.3, 0.4) is 0 Å². The van der Waals surface area contributed by atoms with Crippen LogP contribution in [0.25, 0.3) is 0 Å². The highest BCUT2D eigenvalue weighted by atomic mass is 35.5. The highest BCUT2D eigenvalue weighted by Crippen LogP contribution is 2.16. The van der Waals surface area contributed by atoms with Gasteiger partial charge in [0.2, 0.25) is 0 Å². The van der Waals surface area contributed by atoms with Crippen molar-refractivity contribution in [3.05, 3.63) is 0 Å². The molecule has 1 rings (SSSR count). The molecule has 1 heterocycles. The lowest BCUT2D eigenvalue weighted by molar-refractivity contribution is 0.162. The molecule has 0 aromatic heterocycles. The van der Waals surface area contributed by atoms with E-state index < -0.39 is 9.84 Å². The first-order valence-electron chi connectivity index (χ1n) is 6.13. The third kappa shape index (κ3) is 5.12. The highest BCUT2D eigenvalue weighted by molar-refractivity contribution is 7.92. The Kier molecular flexibility index (Phi) is 7.63. The number of halogens is 1. The molecule has 0 radical (unpaired) electrons. The Hall–Kier alpha value is 0.160. The van der Waals surface area contributed by atoms with Crippen molar-refractivity contribution < 1.29 is 8.42 Å². The van der Waals surface area contributed by atoms with Gasteiger partial charge in [-0.05, 0) is 33.2 Å². The summed E-state index contributed by atoms with van der Waals surface area (Å²) in [6.07, 6.45) is 3.49. The van der Waals surface area contributed by atoms with Crippen LogP contribution >= 0.6 is 12.4 Å². The number of hydrogen-bond donors (Lipinski definition) is 1. The van der Waals surface area contributed by atoms with Gasteiger partial charge in [0, 0.05) is 19.1 Å². The van der Waals surface area contributed by atoms with Gasteiger partial charge in [-0.25, -0.2) is 8.42 Å². The van der Waals surface area contributed by atoms with Gasteiger partial charge >= 0.3 is 0 Å². The Morgan fingerprint density at radius 3 is 2.53 bits per heavy atom. The fourth-order valence-corrected chi connectivity index (χ4v) is 3.06. The van der Waals surface area contributed by atoms with Crippen molar-refractivity contribution in [1.82, 2.24) is 4.90 Å². The molecule has 1 atom stereocenters. The van der Waals surface area contributed by atoms with Crippen LogP contribution in [0.15, 0.2) is 0 Å². The number of hydrogen-bond acceptors (Lipinski definition) is 4. The molecule has 1 aliphatic rings. The summed E-state index contributed by atoms with van der Waals surface area (Å²) in [7, 11) is -2.91. The van der Waals surface area contributed by atoms with Crippen LogP contribution in [-0.4, -0.2) is 50.0 Å². The number of piperidine rings is 1. The van der Waals surface area contributed by atoms with E-state index in [0.717, 1.165) is 19.4 Å². The van der Waals surface area contributed by atoms with Crippen LogP contribution in [0, 0.1) is 0 Å². The number of nitrogens with two attached hydrogens (primary N) is 1. The predicted octanol–water partition coefficient (Wildman–Crippen LogP) is 1.04. The first-order chi connectivity index (χ1) is 7.47. The van der Waals surface area contributed by atoms with E-state index >= 15 is 0 Å². The Balaban J connectivity index is 0.00000256. The Morgan fingerprint density at radius 1 is 1.35 bits per heavy atom. The lowest BCUT2D eigenvalue weighted by Crippen LogP contribution is -2.46. The van der Waals surface area contributed by atoms with Crippen molar-refractivity contribution in [2.24, 2.45) is 5.73 Å². The SMILES string of the molecule is CC(C)S(=O)(=O)CCN1CCCCC1CN.Cl. The minimum Gasteiger partial charge on any atom is -0.329 e. The van der Waals surface area contributed by atoms with Crippen LogP contribution in [0.5, 0.6) is 0 Å². The molecule has 0 bridgehead atoms. The average molecular weight is 285 g/mol. The van der Waals surface area contributed by atoms with Crippen molar-refractivity contribution in [1.29, 1.82) is 0 Å². The molecule has 0 aromatic carbocycles. The standard InChI is InChI=1S/C11H24N2O2S.ClH/c1-10(2)16(14,15)8-7-13-6-4-3-5-11(13)9-12;/h10-11H,3-9,12H2,1-2H3;1H. The van der Waals surface area contributed by atoms with Gasteiger partial charge in [0.1, 0.15) is 0 Å². The molecule has 1 fully saturated rings. The van der Waals surface area contributed by atoms with Gasteiger partial charge in [0.15, 0.2) is 9.84 Å². The highest BCUT2D eigenvalue weighted by Gasteiger charge is 2.23. The molecule has 1 unspecified atom stereocenters. The first kappa shape index (κ1) is 17.2. The summed E-state index contributed by atoms with van der Waals surface area (Å²) in [5, 5.41) is -0.270. The summed E-state index contributed by atoms with van der Waals surface area (Å²) >= 11 is 0. The normalized spacial score (nSPS) is 22.5. The van der Waals surface area contributed by atoms with E-state index in [1.165, 1.54) is 6.42 Å². The smallest absolute Gasteiger partial charge is 0.153 e. The van der Waals surface area contributed by atoms with Crippen molar-refractivity contribution in [2.75, 3.05) is 25.4 Å². The van der Waals surface area contributed by atoms with Gasteiger partial charge in [0.05, 0.1) is 11.0 Å². The lowest BCUT2D eigenvalue weighted by atomic mass is 10.0. The third-order valence-corrected chi connectivity index (χ3v) is 5.59. The van der Waals surface area contributed by atoms with Crippen molar-refractivity contribution in [3.8, 4) is 0 Å². The molecule has 104 valence electrons. The molecular formula is C11H25ClN2O2S. The maximum atomic E-state index is 11.7. The Morgan fingerprint density at radius 2 is 2.00 bits per heavy atom. The maximum Gasteiger partial charge on any atom is 0.153 e. The van der Waals surface area contributed by atoms with Gasteiger partial charge in [-0.1, -0.05) is 6.42 Å². The molecule has 2 N–H and O–H groups in total. The van der Waals surface area contributed by atoms with E-state index in [9.17, 15) is 8.42 Å². The largest absolute Gasteiger partial charge is 0.329 e. The average Bonchev–Trinajstić information content (AvgIpc) is 2.26. The van der Waals surface area contributed by atoms with Crippen LogP contribution in [0.1, 0.15) is 33.1 Å². The quantitative estimate of drug-likeness (QED) is 0.819. The molecule has 17 heavy (non-hydrogen) atoms. The molecule has 4 nitrogen and oxygen atoms in total. The lowest BCUT2D eigenvalue weighted by Gasteiger charge is -2.34. The van der Waals surface area contributed by atoms with Gasteiger partial charge in [0.25, 0.3) is 0 Å². The van der Waals surface area contributed by atoms with Crippen LogP contribution in [-0.2, 0) is 9.84 Å². The first-order valence-corrected chi connectivity index (χ1v) is 7.84. The van der Waals surface area contributed by atoms with Crippen molar-refractivity contribution in [3.63, 3.8) is 0 Å². The van der Waals surface area contributed by atoms with E-state index in [1.807, 2.05) is 0 Å². The third-order valence-electron chi connectivity index (χ3n) is 3.40. The molecule has 0 aromatic rings. The van der Waals surface area contributed by atoms with E-state index in [0.29, 0.717) is 19.1 Å². The predicted molar refractivity (Wildman–Crippen MR) is 74.4 cm³/mol. The number of sulfone groups is 1. The second-order valence-electron chi connectivity index (χ2n) is 4.84. The Bertz CT molecular complexity index is 307. The fraction of sp³-hybridized carbons (Fsp3) is 1.00. The minimum absolute atomic E-state index is 0. The zero-order chi connectivity index (χ0) is 12.2. The van der Waals surface area contributed by atoms with Gasteiger partial charge in [-0.15, -0.1) is 12.4 Å². The molecule has 6 heteroatoms. The molecule has 0 spiro atoms. The molecule has 0 saturated carbocycles. The second-order valence-corrected chi connectivity index (χ2v) is 7.51. The van der Waals surface area contributed by atoms with Crippen LogP contribution < -0.4 is 5.73 Å². The fourth-order valence-electron chi connectivity index (χ4n) is 2.10. The molecule has 1 saturated heterocycles. The summed E-state index contributed by atoms with van der Waals surface area (Å²) in [5.74, 6) is 0.265. The topological polar surface area (TPSA) is 63.4 Å². The van der Waals surface area contributed by atoms with Crippen molar-refractivity contribution >= 4 is 22.2 Å². The van der Waals surface area contributed by atoms with Gasteiger partial charge in [-0.3, -0.25) is 4.90 Å². The second kappa shape index (κ2) is 7.56. The number of nitrogens with zero attached hydrogens (tertiary/aromatic N) is 1. The van der Waals surface area contributed by atoms with E-state index in [2.05, 4.69) is 4.90 Å². The summed E-state index contributed by atoms with van der Waals surface area (Å²) in [5.41, 5.74) is 5.70. The van der Waals surface area contributed by atoms with Crippen molar-refractivity contribution in [2.45, 2.75) is 44.4 Å². The zero-order valence-corrected chi connectivity index (χ0v) is 12.4. The molecular weight excluding hydrogens is 260 g/mol. The molecule has 0 aliphatic carbocycles. The van der Waals surface area contributed by atoms with Crippen LogP contribution in [0.2, 0.25) is 0 Å². The summed E-state index contributed by atoms with van der Waals surface area (Å²) < 4.78 is 23.4. The van der Waals surface area contributed by atoms with Gasteiger partial charge in [-0.2, -0.15) is 0 Å². The molecule has 1 aliphatic heterocycles. The van der Waals surface area contributed by atoms with Gasteiger partial charge < -0.3 is 5.73 Å². The maximum absolute atomic E-state index is 11.7. The minimum atomic E-state index is -2.91. The number of likely N-dealkylation sites (tertiary alicyclic amines) is 1.